The fraction of sp³-hybridized carbons (Fsp3) is 0.435. The number of hydrogen-bond acceptors (Lipinski definition) is 7. The minimum absolute atomic E-state index is 0.201. The molecule has 8 nitrogen and oxygen atoms in total. The quantitative estimate of drug-likeness (QED) is 0.725. The van der Waals surface area contributed by atoms with Gasteiger partial charge in [-0.25, -0.2) is 0 Å². The number of nitrogens with one attached hydrogen (secondary N) is 1. The summed E-state index contributed by atoms with van der Waals surface area (Å²) in [7, 11) is 1.26. The van der Waals surface area contributed by atoms with E-state index in [0.29, 0.717) is 22.5 Å². The molecule has 0 bridgehead atoms. The zero-order chi connectivity index (χ0) is 23.3. The predicted octanol–water partition coefficient (Wildman–Crippen LogP) is 2.64. The first-order valence-electron chi connectivity index (χ1n) is 9.83. The minimum Gasteiger partial charge on any atom is -0.468 e. The molecule has 1 heterocycles. The van der Waals surface area contributed by atoms with E-state index in [4.69, 9.17) is 9.47 Å². The lowest BCUT2D eigenvalue weighted by Crippen LogP contribution is -2.41. The van der Waals surface area contributed by atoms with E-state index in [-0.39, 0.29) is 12.1 Å². The van der Waals surface area contributed by atoms with Gasteiger partial charge in [0, 0.05) is 22.9 Å². The summed E-state index contributed by atoms with van der Waals surface area (Å²) in [6.45, 7) is 8.18. The molecular weight excluding hydrogens is 398 g/mol. The maximum absolute atomic E-state index is 13.1. The van der Waals surface area contributed by atoms with Gasteiger partial charge in [0.2, 0.25) is 5.91 Å². The molecule has 8 heteroatoms. The highest BCUT2D eigenvalue weighted by molar-refractivity contribution is 6.08. The van der Waals surface area contributed by atoms with Gasteiger partial charge in [0.1, 0.15) is 18.1 Å². The number of aliphatic imine (C=N–C) groups is 1. The van der Waals surface area contributed by atoms with Gasteiger partial charge in [-0.2, -0.15) is 5.26 Å². The SMILES string of the molecule is COC(=O)C1C(C)=NC(C)=C(C(=O)NCC(=O)OC(C)(C)C)C1c1ccccc1C#N. The summed E-state index contributed by atoms with van der Waals surface area (Å²) in [4.78, 5) is 42.2. The summed E-state index contributed by atoms with van der Waals surface area (Å²) >= 11 is 0. The number of carbonyl (C=O) groups excluding carboxylic acids is 3. The van der Waals surface area contributed by atoms with Crippen molar-refractivity contribution < 1.29 is 23.9 Å². The number of ether oxygens (including phenoxy) is 2. The minimum atomic E-state index is -0.884. The molecule has 2 atom stereocenters. The zero-order valence-electron chi connectivity index (χ0n) is 18.6. The Labute approximate surface area is 181 Å². The zero-order valence-corrected chi connectivity index (χ0v) is 18.6. The van der Waals surface area contributed by atoms with Crippen LogP contribution in [0, 0.1) is 17.2 Å². The third kappa shape index (κ3) is 5.57. The number of allylic oxidation sites excluding steroid dienone is 1. The Morgan fingerprint density at radius 2 is 1.84 bits per heavy atom. The Bertz CT molecular complexity index is 995. The highest BCUT2D eigenvalue weighted by Crippen LogP contribution is 2.40. The van der Waals surface area contributed by atoms with Crippen molar-refractivity contribution in [3.05, 3.63) is 46.7 Å². The number of amides is 1. The van der Waals surface area contributed by atoms with E-state index in [9.17, 15) is 19.6 Å². The summed E-state index contributed by atoms with van der Waals surface area (Å²) in [5, 5.41) is 12.2. The van der Waals surface area contributed by atoms with Crippen molar-refractivity contribution in [3.8, 4) is 6.07 Å². The molecule has 0 aromatic heterocycles. The lowest BCUT2D eigenvalue weighted by molar-refractivity contribution is -0.154. The van der Waals surface area contributed by atoms with Crippen molar-refractivity contribution in [2.24, 2.45) is 10.9 Å². The molecule has 1 aromatic carbocycles. The molecule has 0 aliphatic carbocycles. The number of carbonyl (C=O) groups is 3. The number of nitrogens with zero attached hydrogens (tertiary/aromatic N) is 2. The van der Waals surface area contributed by atoms with Gasteiger partial charge >= 0.3 is 11.9 Å². The third-order valence-electron chi connectivity index (χ3n) is 4.76. The number of methoxy groups -OCH3 is 1. The number of hydrogen-bond donors (Lipinski definition) is 1. The third-order valence-corrected chi connectivity index (χ3v) is 4.76. The first-order valence-corrected chi connectivity index (χ1v) is 9.83. The molecule has 1 aromatic rings. The second-order valence-corrected chi connectivity index (χ2v) is 8.20. The fourth-order valence-corrected chi connectivity index (χ4v) is 3.60. The van der Waals surface area contributed by atoms with Gasteiger partial charge in [0.15, 0.2) is 0 Å². The maximum Gasteiger partial charge on any atom is 0.325 e. The van der Waals surface area contributed by atoms with E-state index < -0.39 is 35.3 Å². The van der Waals surface area contributed by atoms with Gasteiger partial charge in [-0.3, -0.25) is 19.4 Å². The van der Waals surface area contributed by atoms with Crippen LogP contribution in [0.25, 0.3) is 0 Å². The number of rotatable bonds is 5. The maximum atomic E-state index is 13.1. The van der Waals surface area contributed by atoms with Crippen molar-refractivity contribution >= 4 is 23.6 Å². The van der Waals surface area contributed by atoms with Crippen molar-refractivity contribution in [2.75, 3.05) is 13.7 Å². The standard InChI is InChI=1S/C23H27N3O5/c1-13-18(21(28)25-12-17(27)31-23(3,4)5)20(16-10-8-7-9-15(16)11-24)19(14(2)26-13)22(29)30-6/h7-10,19-20H,12H2,1-6H3,(H,25,28). The number of benzene rings is 1. The summed E-state index contributed by atoms with van der Waals surface area (Å²) < 4.78 is 10.2. The summed E-state index contributed by atoms with van der Waals surface area (Å²) in [5.41, 5.74) is 1.24. The van der Waals surface area contributed by atoms with Crippen LogP contribution in [0.15, 0.2) is 40.5 Å². The van der Waals surface area contributed by atoms with Gasteiger partial charge in [0.25, 0.3) is 0 Å². The molecule has 2 rings (SSSR count). The van der Waals surface area contributed by atoms with Gasteiger partial charge < -0.3 is 14.8 Å². The largest absolute Gasteiger partial charge is 0.468 e. The topological polar surface area (TPSA) is 118 Å². The van der Waals surface area contributed by atoms with Gasteiger partial charge in [-0.15, -0.1) is 0 Å². The van der Waals surface area contributed by atoms with Crippen LogP contribution < -0.4 is 5.32 Å². The monoisotopic (exact) mass is 425 g/mol. The Kier molecular flexibility index (Phi) is 7.34. The lowest BCUT2D eigenvalue weighted by Gasteiger charge is -2.32. The smallest absolute Gasteiger partial charge is 0.325 e. The number of esters is 2. The second-order valence-electron chi connectivity index (χ2n) is 8.20. The van der Waals surface area contributed by atoms with Crippen LogP contribution in [0.4, 0.5) is 0 Å². The van der Waals surface area contributed by atoms with Crippen LogP contribution >= 0.6 is 0 Å². The van der Waals surface area contributed by atoms with Gasteiger partial charge in [-0.05, 0) is 46.2 Å². The Balaban J connectivity index is 2.49. The van der Waals surface area contributed by atoms with Crippen LogP contribution in [0.2, 0.25) is 0 Å². The first-order chi connectivity index (χ1) is 14.5. The molecule has 1 aliphatic heterocycles. The van der Waals surface area contributed by atoms with Crippen molar-refractivity contribution in [3.63, 3.8) is 0 Å². The van der Waals surface area contributed by atoms with E-state index >= 15 is 0 Å². The second kappa shape index (κ2) is 9.56. The van der Waals surface area contributed by atoms with E-state index in [2.05, 4.69) is 16.4 Å². The van der Waals surface area contributed by atoms with E-state index in [1.807, 2.05) is 0 Å². The summed E-state index contributed by atoms with van der Waals surface area (Å²) in [6, 6.07) is 8.88. The van der Waals surface area contributed by atoms with Crippen molar-refractivity contribution in [2.45, 2.75) is 46.1 Å². The average molecular weight is 425 g/mol. The van der Waals surface area contributed by atoms with Crippen molar-refractivity contribution in [1.29, 1.82) is 5.26 Å². The van der Waals surface area contributed by atoms with Crippen molar-refractivity contribution in [1.82, 2.24) is 5.32 Å². The van der Waals surface area contributed by atoms with E-state index in [1.165, 1.54) is 7.11 Å². The molecule has 1 aliphatic rings. The van der Waals surface area contributed by atoms with Crippen LogP contribution in [0.3, 0.4) is 0 Å². The molecule has 0 saturated carbocycles. The number of nitriles is 1. The summed E-state index contributed by atoms with van der Waals surface area (Å²) in [6.07, 6.45) is 0. The van der Waals surface area contributed by atoms with E-state index in [1.54, 1.807) is 58.9 Å². The highest BCUT2D eigenvalue weighted by atomic mass is 16.6. The Morgan fingerprint density at radius 1 is 1.19 bits per heavy atom. The van der Waals surface area contributed by atoms with E-state index in [0.717, 1.165) is 0 Å². The summed E-state index contributed by atoms with van der Waals surface area (Å²) in [5.74, 6) is -3.40. The average Bonchev–Trinajstić information content (AvgIpc) is 2.69. The molecule has 164 valence electrons. The Hall–Kier alpha value is -3.47. The first kappa shape index (κ1) is 23.8. The molecular formula is C23H27N3O5. The highest BCUT2D eigenvalue weighted by Gasteiger charge is 2.42. The molecule has 0 spiro atoms. The lowest BCUT2D eigenvalue weighted by atomic mass is 9.74. The van der Waals surface area contributed by atoms with Crippen LogP contribution in [-0.4, -0.2) is 42.8 Å². The fourth-order valence-electron chi connectivity index (χ4n) is 3.60. The molecule has 0 saturated heterocycles. The molecule has 1 N–H and O–H groups in total. The molecule has 1 amide bonds. The molecule has 31 heavy (non-hydrogen) atoms. The molecule has 0 fully saturated rings. The van der Waals surface area contributed by atoms with Crippen LogP contribution in [-0.2, 0) is 23.9 Å². The predicted molar refractivity (Wildman–Crippen MR) is 114 cm³/mol. The molecule has 0 radical (unpaired) electrons. The van der Waals surface area contributed by atoms with Gasteiger partial charge in [-0.1, -0.05) is 18.2 Å². The molecule has 2 unspecified atom stereocenters. The van der Waals surface area contributed by atoms with Crippen LogP contribution in [0.5, 0.6) is 0 Å². The van der Waals surface area contributed by atoms with Gasteiger partial charge in [0.05, 0.1) is 18.7 Å². The Morgan fingerprint density at radius 3 is 2.42 bits per heavy atom. The van der Waals surface area contributed by atoms with Crippen LogP contribution in [0.1, 0.15) is 51.7 Å². The normalized spacial score (nSPS) is 18.5.